The average molecular weight is 415 g/mol. The van der Waals surface area contributed by atoms with E-state index in [-0.39, 0.29) is 11.3 Å². The molecule has 0 aliphatic carbocycles. The van der Waals surface area contributed by atoms with Crippen LogP contribution in [0, 0.1) is 6.92 Å². The van der Waals surface area contributed by atoms with Gasteiger partial charge in [-0.25, -0.2) is 9.97 Å². The van der Waals surface area contributed by atoms with Crippen LogP contribution in [0.15, 0.2) is 61.1 Å². The van der Waals surface area contributed by atoms with E-state index in [0.29, 0.717) is 17.0 Å². The highest BCUT2D eigenvalue weighted by Gasteiger charge is 2.20. The second kappa shape index (κ2) is 7.87. The lowest BCUT2D eigenvalue weighted by Gasteiger charge is -2.18. The van der Waals surface area contributed by atoms with Crippen LogP contribution in [0.4, 0.5) is 5.69 Å². The summed E-state index contributed by atoms with van der Waals surface area (Å²) in [5.74, 6) is 1.21. The minimum absolute atomic E-state index is 0.0919. The average Bonchev–Trinajstić information content (AvgIpc) is 3.17. The number of carbonyl (C=O) groups excluding carboxylic acids is 1. The predicted molar refractivity (Wildman–Crippen MR) is 123 cm³/mol. The van der Waals surface area contributed by atoms with Crippen molar-refractivity contribution < 1.29 is 9.53 Å². The number of aromatic nitrogens is 3. The summed E-state index contributed by atoms with van der Waals surface area (Å²) < 4.78 is 7.27. The Bertz CT molecular complexity index is 1270. The van der Waals surface area contributed by atoms with Crippen LogP contribution in [0.1, 0.15) is 42.4 Å². The van der Waals surface area contributed by atoms with Gasteiger partial charge in [0.25, 0.3) is 5.91 Å². The molecular weight excluding hydrogens is 388 g/mol. The third-order valence-electron chi connectivity index (χ3n) is 5.35. The van der Waals surface area contributed by atoms with Gasteiger partial charge in [-0.05, 0) is 41.8 Å². The third kappa shape index (κ3) is 4.01. The molecule has 0 fully saturated rings. The maximum atomic E-state index is 13.1. The zero-order valence-electron chi connectivity index (χ0n) is 18.4. The molecule has 31 heavy (non-hydrogen) atoms. The molecule has 2 heterocycles. The number of nitrogens with one attached hydrogen (secondary N) is 1. The second-order valence-electron chi connectivity index (χ2n) is 8.57. The molecule has 6 nitrogen and oxygen atoms in total. The summed E-state index contributed by atoms with van der Waals surface area (Å²) in [5.41, 5.74) is 5.07. The molecule has 0 atom stereocenters. The monoisotopic (exact) mass is 414 g/mol. The number of rotatable bonds is 4. The van der Waals surface area contributed by atoms with Crippen molar-refractivity contribution in [1.82, 2.24) is 14.4 Å². The van der Waals surface area contributed by atoms with Gasteiger partial charge in [0.2, 0.25) is 5.78 Å². The van der Waals surface area contributed by atoms with Crippen molar-refractivity contribution >= 4 is 17.4 Å². The van der Waals surface area contributed by atoms with Crippen molar-refractivity contribution in [3.05, 3.63) is 77.9 Å². The summed E-state index contributed by atoms with van der Waals surface area (Å²) in [4.78, 5) is 21.9. The number of hydrogen-bond acceptors (Lipinski definition) is 4. The summed E-state index contributed by atoms with van der Waals surface area (Å²) in [7, 11) is 1.64. The lowest BCUT2D eigenvalue weighted by atomic mass is 9.93. The quantitative estimate of drug-likeness (QED) is 0.494. The van der Waals surface area contributed by atoms with Gasteiger partial charge in [-0.2, -0.15) is 0 Å². The summed E-state index contributed by atoms with van der Waals surface area (Å²) in [6, 6.07) is 13.6. The van der Waals surface area contributed by atoms with E-state index in [1.807, 2.05) is 66.2 Å². The first kappa shape index (κ1) is 20.6. The Labute approximate surface area is 181 Å². The molecule has 0 radical (unpaired) electrons. The zero-order valence-corrected chi connectivity index (χ0v) is 18.4. The van der Waals surface area contributed by atoms with Gasteiger partial charge >= 0.3 is 0 Å². The molecule has 1 N–H and O–H groups in total. The smallest absolute Gasteiger partial charge is 0.256 e. The van der Waals surface area contributed by atoms with Crippen molar-refractivity contribution in [3.8, 4) is 16.9 Å². The topological polar surface area (TPSA) is 68.5 Å². The summed E-state index contributed by atoms with van der Waals surface area (Å²) >= 11 is 0. The Kier molecular flexibility index (Phi) is 5.23. The maximum absolute atomic E-state index is 13.1. The second-order valence-corrected chi connectivity index (χ2v) is 8.57. The number of imidazole rings is 1. The van der Waals surface area contributed by atoms with Crippen LogP contribution in [-0.4, -0.2) is 27.4 Å². The number of amides is 1. The molecule has 2 aromatic heterocycles. The van der Waals surface area contributed by atoms with Crippen molar-refractivity contribution in [3.63, 3.8) is 0 Å². The summed E-state index contributed by atoms with van der Waals surface area (Å²) in [6.07, 6.45) is 5.33. The molecule has 0 aliphatic rings. The minimum atomic E-state index is -0.180. The Balaban J connectivity index is 1.66. The standard InChI is InChI=1S/C25H26N4O2/c1-16-20(17-8-6-9-19(12-17)31-5)10-7-11-21(16)23(30)28-18-13-26-24-27-14-22(25(2,3)4)29(24)15-18/h6-15H,1-5H3,(H,28,30). The van der Waals surface area contributed by atoms with Crippen LogP contribution in [0.5, 0.6) is 5.75 Å². The van der Waals surface area contributed by atoms with Crippen LogP contribution >= 0.6 is 0 Å². The van der Waals surface area contributed by atoms with Gasteiger partial charge in [0.15, 0.2) is 0 Å². The third-order valence-corrected chi connectivity index (χ3v) is 5.35. The number of nitrogens with zero attached hydrogens (tertiary/aromatic N) is 3. The highest BCUT2D eigenvalue weighted by atomic mass is 16.5. The van der Waals surface area contributed by atoms with Crippen LogP contribution in [0.2, 0.25) is 0 Å². The first-order chi connectivity index (χ1) is 14.8. The highest BCUT2D eigenvalue weighted by Crippen LogP contribution is 2.29. The normalized spacial score (nSPS) is 11.5. The van der Waals surface area contributed by atoms with Crippen LogP contribution in [0.3, 0.4) is 0 Å². The molecule has 0 bridgehead atoms. The number of fused-ring (bicyclic) bond motifs is 1. The van der Waals surface area contributed by atoms with E-state index in [4.69, 9.17) is 4.74 Å². The van der Waals surface area contributed by atoms with Crippen molar-refractivity contribution in [1.29, 1.82) is 0 Å². The Hall–Kier alpha value is -3.67. The first-order valence-electron chi connectivity index (χ1n) is 10.2. The molecule has 0 unspecified atom stereocenters. The lowest BCUT2D eigenvalue weighted by Crippen LogP contribution is -2.16. The fourth-order valence-electron chi connectivity index (χ4n) is 3.68. The molecule has 158 valence electrons. The maximum Gasteiger partial charge on any atom is 0.256 e. The molecule has 4 rings (SSSR count). The molecule has 1 amide bonds. The summed E-state index contributed by atoms with van der Waals surface area (Å²) in [6.45, 7) is 8.32. The predicted octanol–water partition coefficient (Wildman–Crippen LogP) is 5.26. The van der Waals surface area contributed by atoms with Crippen molar-refractivity contribution in [2.45, 2.75) is 33.1 Å². The van der Waals surface area contributed by atoms with E-state index in [0.717, 1.165) is 28.1 Å². The largest absolute Gasteiger partial charge is 0.497 e. The number of methoxy groups -OCH3 is 1. The minimum Gasteiger partial charge on any atom is -0.497 e. The molecule has 6 heteroatoms. The summed E-state index contributed by atoms with van der Waals surface area (Å²) in [5, 5.41) is 2.99. The number of ether oxygens (including phenoxy) is 1. The SMILES string of the molecule is COc1cccc(-c2cccc(C(=O)Nc3cnc4ncc(C(C)(C)C)n4c3)c2C)c1. The van der Waals surface area contributed by atoms with Crippen molar-refractivity contribution in [2.75, 3.05) is 12.4 Å². The van der Waals surface area contributed by atoms with Crippen molar-refractivity contribution in [2.24, 2.45) is 0 Å². The molecular formula is C25H26N4O2. The van der Waals surface area contributed by atoms with Gasteiger partial charge in [0, 0.05) is 22.9 Å². The highest BCUT2D eigenvalue weighted by molar-refractivity contribution is 6.06. The molecule has 0 saturated heterocycles. The number of carbonyl (C=O) groups is 1. The zero-order chi connectivity index (χ0) is 22.2. The number of anilines is 1. The molecule has 0 spiro atoms. The van der Waals surface area contributed by atoms with E-state index >= 15 is 0 Å². The Morgan fingerprint density at radius 2 is 1.81 bits per heavy atom. The molecule has 4 aromatic rings. The fraction of sp³-hybridized carbons (Fsp3) is 0.240. The van der Waals surface area contributed by atoms with E-state index < -0.39 is 0 Å². The van der Waals surface area contributed by atoms with Gasteiger partial charge in [-0.15, -0.1) is 0 Å². The van der Waals surface area contributed by atoms with Gasteiger partial charge < -0.3 is 10.1 Å². The fourth-order valence-corrected chi connectivity index (χ4v) is 3.68. The van der Waals surface area contributed by atoms with Crippen LogP contribution in [-0.2, 0) is 5.41 Å². The Morgan fingerprint density at radius 3 is 2.55 bits per heavy atom. The molecule has 2 aromatic carbocycles. The van der Waals surface area contributed by atoms with Gasteiger partial charge in [-0.3, -0.25) is 9.20 Å². The van der Waals surface area contributed by atoms with E-state index in [9.17, 15) is 4.79 Å². The van der Waals surface area contributed by atoms with Gasteiger partial charge in [0.05, 0.1) is 25.2 Å². The number of benzene rings is 2. The number of hydrogen-bond donors (Lipinski definition) is 1. The first-order valence-corrected chi connectivity index (χ1v) is 10.2. The van der Waals surface area contributed by atoms with E-state index in [2.05, 4.69) is 36.1 Å². The Morgan fingerprint density at radius 1 is 1.06 bits per heavy atom. The molecule has 0 saturated carbocycles. The van der Waals surface area contributed by atoms with E-state index in [1.54, 1.807) is 13.3 Å². The van der Waals surface area contributed by atoms with Crippen LogP contribution in [0.25, 0.3) is 16.9 Å². The lowest BCUT2D eigenvalue weighted by molar-refractivity contribution is 0.102. The molecule has 0 aliphatic heterocycles. The van der Waals surface area contributed by atoms with Gasteiger partial charge in [0.1, 0.15) is 5.75 Å². The van der Waals surface area contributed by atoms with Gasteiger partial charge in [-0.1, -0.05) is 45.0 Å². The van der Waals surface area contributed by atoms with E-state index in [1.165, 1.54) is 0 Å². The van der Waals surface area contributed by atoms with Crippen LogP contribution < -0.4 is 10.1 Å².